The number of nitrogens with zero attached hydrogens (tertiary/aromatic N) is 3. The lowest BCUT2D eigenvalue weighted by molar-refractivity contribution is -0.122. The Morgan fingerprint density at radius 1 is 1.45 bits per heavy atom. The van der Waals surface area contributed by atoms with Gasteiger partial charge in [0, 0.05) is 37.8 Å². The molecule has 0 aliphatic carbocycles. The monoisotopic (exact) mass is 304 g/mol. The second kappa shape index (κ2) is 7.73. The summed E-state index contributed by atoms with van der Waals surface area (Å²) < 4.78 is 0. The van der Waals surface area contributed by atoms with E-state index in [1.807, 2.05) is 0 Å². The number of rotatable bonds is 8. The van der Waals surface area contributed by atoms with Gasteiger partial charge in [-0.3, -0.25) is 4.79 Å². The predicted octanol–water partition coefficient (Wildman–Crippen LogP) is 2.72. The van der Waals surface area contributed by atoms with Gasteiger partial charge >= 0.3 is 0 Å². The summed E-state index contributed by atoms with van der Waals surface area (Å²) in [7, 11) is 2.18. The fourth-order valence-corrected chi connectivity index (χ4v) is 3.24. The third-order valence-electron chi connectivity index (χ3n) is 4.76. The van der Waals surface area contributed by atoms with Crippen LogP contribution in [0.3, 0.4) is 0 Å². The average Bonchev–Trinajstić information content (AvgIpc) is 3.26. The highest BCUT2D eigenvalue weighted by Crippen LogP contribution is 2.37. The zero-order chi connectivity index (χ0) is 16.0. The summed E-state index contributed by atoms with van der Waals surface area (Å²) in [4.78, 5) is 14.5. The largest absolute Gasteiger partial charge is 0.354 e. The molecule has 1 saturated heterocycles. The number of hydrogen-bond donors (Lipinski definition) is 1. The predicted molar refractivity (Wildman–Crippen MR) is 87.4 cm³/mol. The Hall–Kier alpha value is -1.41. The molecular weight excluding hydrogens is 276 g/mol. The van der Waals surface area contributed by atoms with Crippen molar-refractivity contribution in [1.29, 1.82) is 0 Å². The van der Waals surface area contributed by atoms with Crippen molar-refractivity contribution in [3.05, 3.63) is 0 Å². The summed E-state index contributed by atoms with van der Waals surface area (Å²) >= 11 is 0. The molecule has 2 atom stereocenters. The highest BCUT2D eigenvalue weighted by atomic mass is 16.1. The summed E-state index contributed by atoms with van der Waals surface area (Å²) in [6, 6.07) is 0.812. The van der Waals surface area contributed by atoms with Gasteiger partial charge in [0.15, 0.2) is 5.66 Å². The molecule has 5 nitrogen and oxygen atoms in total. The quantitative estimate of drug-likeness (QED) is 0.701. The van der Waals surface area contributed by atoms with Crippen LogP contribution in [-0.4, -0.2) is 42.1 Å². The smallest absolute Gasteiger partial charge is 0.220 e. The first-order valence-electron chi connectivity index (χ1n) is 8.42. The minimum absolute atomic E-state index is 0.100. The van der Waals surface area contributed by atoms with Crippen LogP contribution in [-0.2, 0) is 4.79 Å². The van der Waals surface area contributed by atoms with Crippen molar-refractivity contribution in [2.24, 2.45) is 10.2 Å². The number of carbonyl (C=O) groups is 1. The number of terminal acetylenes is 1. The molecule has 0 spiro atoms. The lowest BCUT2D eigenvalue weighted by Crippen LogP contribution is -2.42. The number of carbonyl (C=O) groups excluding carboxylic acids is 1. The molecule has 2 aliphatic rings. The van der Waals surface area contributed by atoms with Gasteiger partial charge in [-0.1, -0.05) is 6.42 Å². The molecule has 0 radical (unpaired) electrons. The van der Waals surface area contributed by atoms with E-state index in [4.69, 9.17) is 6.42 Å². The third kappa shape index (κ3) is 5.10. The molecule has 1 N–H and O–H groups in total. The van der Waals surface area contributed by atoms with Crippen molar-refractivity contribution in [3.63, 3.8) is 0 Å². The van der Waals surface area contributed by atoms with E-state index in [0.717, 1.165) is 12.8 Å². The van der Waals surface area contributed by atoms with E-state index in [1.54, 1.807) is 0 Å². The van der Waals surface area contributed by atoms with Crippen molar-refractivity contribution in [1.82, 2.24) is 10.2 Å². The van der Waals surface area contributed by atoms with Gasteiger partial charge in [0.25, 0.3) is 0 Å². The first-order chi connectivity index (χ1) is 10.5. The molecule has 2 unspecified atom stereocenters. The fraction of sp³-hybridized carbons (Fsp3) is 0.824. The van der Waals surface area contributed by atoms with Gasteiger partial charge in [-0.25, -0.2) is 0 Å². The van der Waals surface area contributed by atoms with Crippen LogP contribution in [0.15, 0.2) is 10.2 Å². The van der Waals surface area contributed by atoms with Crippen molar-refractivity contribution in [2.75, 3.05) is 13.6 Å². The highest BCUT2D eigenvalue weighted by Gasteiger charge is 2.39. The SMILES string of the molecule is C#CCCC1(CCC(=O)NC(C)CC2CCCCN2C)N=N1. The number of likely N-dealkylation sites (tertiary alicyclic amines) is 1. The summed E-state index contributed by atoms with van der Waals surface area (Å²) in [5, 5.41) is 11.3. The molecule has 2 aliphatic heterocycles. The van der Waals surface area contributed by atoms with E-state index in [9.17, 15) is 4.79 Å². The molecule has 0 aromatic rings. The van der Waals surface area contributed by atoms with Crippen LogP contribution in [0, 0.1) is 12.3 Å². The van der Waals surface area contributed by atoms with Crippen LogP contribution in [0.4, 0.5) is 0 Å². The van der Waals surface area contributed by atoms with E-state index < -0.39 is 0 Å². The van der Waals surface area contributed by atoms with Crippen LogP contribution in [0.2, 0.25) is 0 Å². The van der Waals surface area contributed by atoms with Crippen LogP contribution in [0.5, 0.6) is 0 Å². The van der Waals surface area contributed by atoms with Gasteiger partial charge in [-0.2, -0.15) is 10.2 Å². The summed E-state index contributed by atoms with van der Waals surface area (Å²) in [5.41, 5.74) is -0.351. The van der Waals surface area contributed by atoms with E-state index >= 15 is 0 Å². The summed E-state index contributed by atoms with van der Waals surface area (Å²) in [6.45, 7) is 3.27. The van der Waals surface area contributed by atoms with Crippen LogP contribution in [0.25, 0.3) is 0 Å². The van der Waals surface area contributed by atoms with Gasteiger partial charge < -0.3 is 10.2 Å². The van der Waals surface area contributed by atoms with Crippen LogP contribution >= 0.6 is 0 Å². The number of amides is 1. The van der Waals surface area contributed by atoms with E-state index in [2.05, 4.69) is 40.3 Å². The van der Waals surface area contributed by atoms with E-state index in [-0.39, 0.29) is 17.6 Å². The Kier molecular flexibility index (Phi) is 5.96. The second-order valence-corrected chi connectivity index (χ2v) is 6.72. The molecule has 5 heteroatoms. The highest BCUT2D eigenvalue weighted by molar-refractivity contribution is 5.76. The molecule has 1 amide bonds. The van der Waals surface area contributed by atoms with Gasteiger partial charge in [-0.05, 0) is 39.8 Å². The Morgan fingerprint density at radius 2 is 2.23 bits per heavy atom. The molecule has 0 aromatic heterocycles. The van der Waals surface area contributed by atoms with Gasteiger partial charge in [0.1, 0.15) is 0 Å². The van der Waals surface area contributed by atoms with Crippen molar-refractivity contribution in [2.45, 2.75) is 76.0 Å². The Labute approximate surface area is 133 Å². The van der Waals surface area contributed by atoms with Crippen LogP contribution < -0.4 is 5.32 Å². The molecule has 122 valence electrons. The average molecular weight is 304 g/mol. The third-order valence-corrected chi connectivity index (χ3v) is 4.76. The fourth-order valence-electron chi connectivity index (χ4n) is 3.24. The molecular formula is C17H28N4O. The number of hydrogen-bond acceptors (Lipinski definition) is 4. The Morgan fingerprint density at radius 3 is 2.86 bits per heavy atom. The molecule has 2 heterocycles. The maximum Gasteiger partial charge on any atom is 0.220 e. The zero-order valence-corrected chi connectivity index (χ0v) is 13.8. The van der Waals surface area contributed by atoms with Crippen molar-refractivity contribution < 1.29 is 4.79 Å². The normalized spacial score (nSPS) is 24.5. The maximum atomic E-state index is 12.1. The van der Waals surface area contributed by atoms with E-state index in [1.165, 1.54) is 25.8 Å². The molecule has 2 rings (SSSR count). The topological polar surface area (TPSA) is 57.1 Å². The number of nitrogens with one attached hydrogen (secondary N) is 1. The van der Waals surface area contributed by atoms with Crippen molar-refractivity contribution in [3.8, 4) is 12.3 Å². The minimum Gasteiger partial charge on any atom is -0.354 e. The molecule has 22 heavy (non-hydrogen) atoms. The molecule has 1 fully saturated rings. The van der Waals surface area contributed by atoms with E-state index in [0.29, 0.717) is 25.3 Å². The first kappa shape index (κ1) is 17.0. The minimum atomic E-state index is -0.351. The lowest BCUT2D eigenvalue weighted by atomic mass is 9.97. The Balaban J connectivity index is 1.65. The summed E-state index contributed by atoms with van der Waals surface area (Å²) in [5.74, 6) is 2.71. The molecule has 0 aromatic carbocycles. The number of piperidine rings is 1. The summed E-state index contributed by atoms with van der Waals surface area (Å²) in [6.07, 6.45) is 12.7. The zero-order valence-electron chi connectivity index (χ0n) is 13.8. The van der Waals surface area contributed by atoms with Gasteiger partial charge in [-0.15, -0.1) is 12.3 Å². The molecule has 0 bridgehead atoms. The second-order valence-electron chi connectivity index (χ2n) is 6.72. The van der Waals surface area contributed by atoms with Gasteiger partial charge in [0.2, 0.25) is 5.91 Å². The lowest BCUT2D eigenvalue weighted by Gasteiger charge is -2.34. The Bertz CT molecular complexity index is 448. The van der Waals surface area contributed by atoms with Crippen molar-refractivity contribution >= 4 is 5.91 Å². The van der Waals surface area contributed by atoms with Crippen LogP contribution in [0.1, 0.15) is 58.3 Å². The van der Waals surface area contributed by atoms with Gasteiger partial charge in [0.05, 0.1) is 0 Å². The standard InChI is InChI=1S/C17H28N4O/c1-4-5-10-17(19-20-17)11-9-16(22)18-14(2)13-15-8-6-7-12-21(15)3/h1,14-15H,5-13H2,2-3H3,(H,18,22). The maximum absolute atomic E-state index is 12.1. The first-order valence-corrected chi connectivity index (χ1v) is 8.42. The molecule has 0 saturated carbocycles.